The van der Waals surface area contributed by atoms with Gasteiger partial charge >= 0.3 is 0 Å². The number of ketones is 1. The number of imide groups is 1. The summed E-state index contributed by atoms with van der Waals surface area (Å²) in [5.41, 5.74) is 4.22. The van der Waals surface area contributed by atoms with Gasteiger partial charge in [-0.15, -0.1) is 0 Å². The number of rotatable bonds is 4. The standard InChI is InChI=1S/C26H23NO4/c1-14(16-7-5-4-6-8-16)22-18-10-11-19(22)24-23(18)25(29)27(26(24)30)20-13-17(15(2)28)9-12-21(20)31-3/h4-13,18-19,23-24H,1-3H3/t18-,19-,23-,24+/m0/s1. The highest BCUT2D eigenvalue weighted by Gasteiger charge is 2.62. The van der Waals surface area contributed by atoms with Crippen LogP contribution in [0, 0.1) is 23.7 Å². The van der Waals surface area contributed by atoms with Gasteiger partial charge in [-0.25, -0.2) is 4.90 Å². The Morgan fingerprint density at radius 1 is 0.871 bits per heavy atom. The number of anilines is 1. The van der Waals surface area contributed by atoms with Crippen molar-refractivity contribution in [3.05, 3.63) is 77.4 Å². The zero-order valence-electron chi connectivity index (χ0n) is 17.7. The van der Waals surface area contributed by atoms with E-state index in [1.54, 1.807) is 18.2 Å². The Kier molecular flexibility index (Phi) is 4.43. The van der Waals surface area contributed by atoms with E-state index >= 15 is 0 Å². The van der Waals surface area contributed by atoms with Crippen LogP contribution < -0.4 is 9.64 Å². The lowest BCUT2D eigenvalue weighted by Gasteiger charge is -2.22. The molecule has 2 bridgehead atoms. The molecule has 2 fully saturated rings. The molecule has 0 spiro atoms. The average molecular weight is 413 g/mol. The minimum Gasteiger partial charge on any atom is -0.495 e. The Hall–Kier alpha value is -3.47. The molecule has 156 valence electrons. The molecule has 0 aromatic heterocycles. The summed E-state index contributed by atoms with van der Waals surface area (Å²) in [5, 5.41) is 0. The molecule has 4 atom stereocenters. The number of hydrogen-bond acceptors (Lipinski definition) is 4. The molecule has 1 aliphatic heterocycles. The van der Waals surface area contributed by atoms with Crippen LogP contribution in [0.2, 0.25) is 0 Å². The van der Waals surface area contributed by atoms with E-state index in [2.05, 4.69) is 31.2 Å². The number of nitrogens with zero attached hydrogens (tertiary/aromatic N) is 1. The van der Waals surface area contributed by atoms with Gasteiger partial charge in [-0.3, -0.25) is 14.4 Å². The molecule has 2 aromatic rings. The summed E-state index contributed by atoms with van der Waals surface area (Å²) in [7, 11) is 1.49. The summed E-state index contributed by atoms with van der Waals surface area (Å²) < 4.78 is 5.42. The van der Waals surface area contributed by atoms with E-state index in [-0.39, 0.29) is 29.4 Å². The Labute approximate surface area is 181 Å². The fourth-order valence-corrected chi connectivity index (χ4v) is 5.44. The Morgan fingerprint density at radius 3 is 2.03 bits per heavy atom. The minimum atomic E-state index is -0.415. The van der Waals surface area contributed by atoms with Crippen molar-refractivity contribution < 1.29 is 19.1 Å². The predicted molar refractivity (Wildman–Crippen MR) is 118 cm³/mol. The maximum atomic E-state index is 13.5. The second kappa shape index (κ2) is 7.05. The van der Waals surface area contributed by atoms with E-state index in [1.165, 1.54) is 24.5 Å². The summed E-state index contributed by atoms with van der Waals surface area (Å²) in [4.78, 5) is 40.2. The van der Waals surface area contributed by atoms with Gasteiger partial charge in [0.25, 0.3) is 0 Å². The van der Waals surface area contributed by atoms with Crippen LogP contribution in [0.3, 0.4) is 0 Å². The van der Waals surface area contributed by atoms with E-state index < -0.39 is 11.8 Å². The number of carbonyl (C=O) groups excluding carboxylic acids is 3. The minimum absolute atomic E-state index is 0.0846. The monoisotopic (exact) mass is 413 g/mol. The number of hydrogen-bond donors (Lipinski definition) is 0. The van der Waals surface area contributed by atoms with Crippen molar-refractivity contribution >= 4 is 28.9 Å². The molecule has 0 N–H and O–H groups in total. The Bertz CT molecular complexity index is 1140. The predicted octanol–water partition coefficient (Wildman–Crippen LogP) is 4.29. The highest BCUT2D eigenvalue weighted by molar-refractivity contribution is 6.24. The SMILES string of the molecule is COc1ccc(C(C)=O)cc1N1C(=O)[C@@H]2[C@H](C1=O)[C@H]1C=C[C@H]2C1=C(C)c1ccccc1. The quantitative estimate of drug-likeness (QED) is 0.426. The number of carbonyl (C=O) groups is 3. The molecule has 3 aliphatic rings. The number of fused-ring (bicyclic) bond motifs is 5. The van der Waals surface area contributed by atoms with Crippen molar-refractivity contribution in [3.63, 3.8) is 0 Å². The van der Waals surface area contributed by atoms with Crippen LogP contribution >= 0.6 is 0 Å². The first-order valence-corrected chi connectivity index (χ1v) is 10.4. The number of allylic oxidation sites excluding steroid dienone is 4. The Balaban J connectivity index is 1.57. The highest BCUT2D eigenvalue weighted by Crippen LogP contribution is 2.58. The van der Waals surface area contributed by atoms with E-state index in [1.807, 2.05) is 18.2 Å². The van der Waals surface area contributed by atoms with E-state index in [0.717, 1.165) is 11.1 Å². The zero-order chi connectivity index (χ0) is 21.9. The molecule has 1 saturated carbocycles. The fourth-order valence-electron chi connectivity index (χ4n) is 5.44. The lowest BCUT2D eigenvalue weighted by molar-refractivity contribution is -0.123. The molecule has 5 nitrogen and oxygen atoms in total. The second-order valence-corrected chi connectivity index (χ2v) is 8.39. The first-order chi connectivity index (χ1) is 14.9. The lowest BCUT2D eigenvalue weighted by Crippen LogP contribution is -2.33. The van der Waals surface area contributed by atoms with Crippen LogP contribution in [0.15, 0.2) is 66.3 Å². The van der Waals surface area contributed by atoms with Crippen molar-refractivity contribution in [1.29, 1.82) is 0 Å². The lowest BCUT2D eigenvalue weighted by atomic mass is 9.85. The number of methoxy groups -OCH3 is 1. The first-order valence-electron chi connectivity index (χ1n) is 10.4. The van der Waals surface area contributed by atoms with Crippen LogP contribution in [0.1, 0.15) is 29.8 Å². The fraction of sp³-hybridized carbons (Fsp3) is 0.269. The van der Waals surface area contributed by atoms with Crippen LogP contribution in [-0.2, 0) is 9.59 Å². The molecule has 0 unspecified atom stereocenters. The molecule has 2 aliphatic carbocycles. The summed E-state index contributed by atoms with van der Waals surface area (Å²) >= 11 is 0. The third-order valence-electron chi connectivity index (χ3n) is 6.88. The average Bonchev–Trinajstić information content (AvgIpc) is 3.42. The van der Waals surface area contributed by atoms with Gasteiger partial charge in [0.2, 0.25) is 11.8 Å². The van der Waals surface area contributed by atoms with E-state index in [4.69, 9.17) is 4.74 Å². The van der Waals surface area contributed by atoms with E-state index in [0.29, 0.717) is 17.0 Å². The number of ether oxygens (including phenoxy) is 1. The first kappa shape index (κ1) is 19.5. The van der Waals surface area contributed by atoms with E-state index in [9.17, 15) is 14.4 Å². The third kappa shape index (κ3) is 2.73. The van der Waals surface area contributed by atoms with Crippen LogP contribution in [0.25, 0.3) is 5.57 Å². The third-order valence-corrected chi connectivity index (χ3v) is 6.88. The molecule has 2 amide bonds. The maximum Gasteiger partial charge on any atom is 0.238 e. The van der Waals surface area contributed by atoms with Crippen molar-refractivity contribution in [2.45, 2.75) is 13.8 Å². The molecule has 1 heterocycles. The number of benzene rings is 2. The molecule has 5 rings (SSSR count). The molecule has 31 heavy (non-hydrogen) atoms. The van der Waals surface area contributed by atoms with Crippen molar-refractivity contribution in [3.8, 4) is 5.75 Å². The van der Waals surface area contributed by atoms with Gasteiger partial charge < -0.3 is 4.74 Å². The maximum absolute atomic E-state index is 13.5. The Morgan fingerprint density at radius 2 is 1.48 bits per heavy atom. The molecule has 5 heteroatoms. The van der Waals surface area contributed by atoms with Gasteiger partial charge in [0.1, 0.15) is 5.75 Å². The van der Waals surface area contributed by atoms with Crippen molar-refractivity contribution in [2.75, 3.05) is 12.0 Å². The molecule has 2 aromatic carbocycles. The van der Waals surface area contributed by atoms with Crippen LogP contribution in [-0.4, -0.2) is 24.7 Å². The van der Waals surface area contributed by atoms with Gasteiger partial charge in [0, 0.05) is 17.4 Å². The number of Topliss-reactive ketones (excluding diaryl/α,β-unsaturated/α-hetero) is 1. The summed E-state index contributed by atoms with van der Waals surface area (Å²) in [6, 6.07) is 15.0. The highest BCUT2D eigenvalue weighted by atomic mass is 16.5. The normalized spacial score (nSPS) is 27.6. The number of amides is 2. The van der Waals surface area contributed by atoms with Gasteiger partial charge in [-0.05, 0) is 43.2 Å². The molecule has 1 saturated heterocycles. The van der Waals surface area contributed by atoms with Crippen molar-refractivity contribution in [1.82, 2.24) is 0 Å². The molecule has 0 radical (unpaired) electrons. The summed E-state index contributed by atoms with van der Waals surface area (Å²) in [6.45, 7) is 3.53. The van der Waals surface area contributed by atoms with Gasteiger partial charge in [0.15, 0.2) is 5.78 Å². The zero-order valence-corrected chi connectivity index (χ0v) is 17.7. The van der Waals surface area contributed by atoms with Crippen LogP contribution in [0.4, 0.5) is 5.69 Å². The van der Waals surface area contributed by atoms with Crippen LogP contribution in [0.5, 0.6) is 5.75 Å². The van der Waals surface area contributed by atoms with Gasteiger partial charge in [0.05, 0.1) is 24.6 Å². The summed E-state index contributed by atoms with van der Waals surface area (Å²) in [5.74, 6) is -1.16. The smallest absolute Gasteiger partial charge is 0.238 e. The molecular formula is C26H23NO4. The van der Waals surface area contributed by atoms with Gasteiger partial charge in [-0.1, -0.05) is 48.1 Å². The van der Waals surface area contributed by atoms with Gasteiger partial charge in [-0.2, -0.15) is 0 Å². The topological polar surface area (TPSA) is 63.7 Å². The largest absolute Gasteiger partial charge is 0.495 e. The second-order valence-electron chi connectivity index (χ2n) is 8.39. The van der Waals surface area contributed by atoms with Crippen molar-refractivity contribution in [2.24, 2.45) is 23.7 Å². The molecular weight excluding hydrogens is 390 g/mol. The summed E-state index contributed by atoms with van der Waals surface area (Å²) in [6.07, 6.45) is 4.15.